The molecule has 2 bridgehead atoms. The molecule has 1 aromatic rings. The third kappa shape index (κ3) is 2.34. The smallest absolute Gasteiger partial charge is 0.310 e. The zero-order chi connectivity index (χ0) is 18.6. The van der Waals surface area contributed by atoms with E-state index >= 15 is 0 Å². The first-order valence-electron chi connectivity index (χ1n) is 8.63. The number of nitrogens with zero attached hydrogens (tertiary/aromatic N) is 1. The second-order valence-corrected chi connectivity index (χ2v) is 7.78. The van der Waals surface area contributed by atoms with Gasteiger partial charge in [0, 0.05) is 11.6 Å². The summed E-state index contributed by atoms with van der Waals surface area (Å²) in [4.78, 5) is 26.8. The molecule has 6 heteroatoms. The molecule has 1 amide bonds. The lowest BCUT2D eigenvalue weighted by atomic mass is 9.74. The van der Waals surface area contributed by atoms with Crippen LogP contribution in [0.4, 0.5) is 0 Å². The van der Waals surface area contributed by atoms with Crippen molar-refractivity contribution in [2.75, 3.05) is 0 Å². The Bertz CT molecular complexity index is 835. The number of halogens is 1. The molecule has 2 saturated heterocycles. The van der Waals surface area contributed by atoms with Crippen LogP contribution < -0.4 is 0 Å². The number of aliphatic carboxylic acids is 1. The van der Waals surface area contributed by atoms with Gasteiger partial charge >= 0.3 is 5.97 Å². The quantitative estimate of drug-likeness (QED) is 0.805. The van der Waals surface area contributed by atoms with Crippen LogP contribution in [-0.4, -0.2) is 39.6 Å². The lowest BCUT2D eigenvalue weighted by Crippen LogP contribution is -2.45. The monoisotopic (exact) mass is 373 g/mol. The van der Waals surface area contributed by atoms with E-state index in [4.69, 9.17) is 16.3 Å². The summed E-state index contributed by atoms with van der Waals surface area (Å²) in [5.74, 6) is -2.73. The molecule has 0 aliphatic carbocycles. The van der Waals surface area contributed by atoms with E-state index < -0.39 is 29.5 Å². The van der Waals surface area contributed by atoms with Gasteiger partial charge in [0.25, 0.3) is 0 Å². The Balaban J connectivity index is 1.76. The molecule has 3 heterocycles. The van der Waals surface area contributed by atoms with Gasteiger partial charge in [0.2, 0.25) is 5.91 Å². The van der Waals surface area contributed by atoms with Crippen molar-refractivity contribution in [1.29, 1.82) is 0 Å². The van der Waals surface area contributed by atoms with Crippen LogP contribution in [-0.2, 0) is 20.9 Å². The summed E-state index contributed by atoms with van der Waals surface area (Å²) in [6, 6.07) is 7.08. The topological polar surface area (TPSA) is 66.8 Å². The van der Waals surface area contributed by atoms with Crippen molar-refractivity contribution in [1.82, 2.24) is 4.90 Å². The Labute approximate surface area is 156 Å². The second kappa shape index (κ2) is 5.96. The Morgan fingerprint density at radius 3 is 2.81 bits per heavy atom. The second-order valence-electron chi connectivity index (χ2n) is 7.37. The average Bonchev–Trinajstić information content (AvgIpc) is 3.21. The number of fused-ring (bicyclic) bond motifs is 1. The summed E-state index contributed by atoms with van der Waals surface area (Å²) in [6.45, 7) is 6.22. The molecule has 1 aromatic carbocycles. The van der Waals surface area contributed by atoms with Crippen molar-refractivity contribution in [2.45, 2.75) is 37.6 Å². The molecule has 1 spiro atoms. The Morgan fingerprint density at radius 1 is 1.42 bits per heavy atom. The van der Waals surface area contributed by atoms with Crippen LogP contribution in [0.25, 0.3) is 0 Å². The molecule has 3 aliphatic heterocycles. The minimum atomic E-state index is -0.992. The van der Waals surface area contributed by atoms with Gasteiger partial charge in [-0.3, -0.25) is 9.59 Å². The van der Waals surface area contributed by atoms with Crippen molar-refractivity contribution >= 4 is 23.5 Å². The fourth-order valence-electron chi connectivity index (χ4n) is 4.60. The van der Waals surface area contributed by atoms with Gasteiger partial charge in [0.05, 0.1) is 18.1 Å². The maximum Gasteiger partial charge on any atom is 0.310 e. The van der Waals surface area contributed by atoms with E-state index in [1.54, 1.807) is 17.0 Å². The number of carboxylic acid groups (broad SMARTS) is 1. The van der Waals surface area contributed by atoms with Crippen molar-refractivity contribution in [3.63, 3.8) is 0 Å². The molecule has 0 saturated carbocycles. The summed E-state index contributed by atoms with van der Waals surface area (Å²) in [6.07, 6.45) is 3.68. The molecule has 5 nitrogen and oxygen atoms in total. The maximum absolute atomic E-state index is 13.3. The molecule has 4 rings (SSSR count). The molecule has 26 heavy (non-hydrogen) atoms. The number of likely N-dealkylation sites (tertiary alicyclic amines) is 1. The van der Waals surface area contributed by atoms with Crippen LogP contribution >= 0.6 is 11.6 Å². The minimum Gasteiger partial charge on any atom is -0.481 e. The highest BCUT2D eigenvalue weighted by Crippen LogP contribution is 2.56. The lowest BCUT2D eigenvalue weighted by molar-refractivity contribution is -0.148. The van der Waals surface area contributed by atoms with Crippen LogP contribution in [0.15, 0.2) is 48.6 Å². The van der Waals surface area contributed by atoms with Gasteiger partial charge in [-0.15, -0.1) is 6.58 Å². The van der Waals surface area contributed by atoms with E-state index in [0.717, 1.165) is 11.1 Å². The Kier molecular flexibility index (Phi) is 3.97. The molecular formula is C20H20ClNO4. The zero-order valence-corrected chi connectivity index (χ0v) is 15.1. The van der Waals surface area contributed by atoms with Gasteiger partial charge in [-0.2, -0.15) is 0 Å². The van der Waals surface area contributed by atoms with Gasteiger partial charge in [-0.1, -0.05) is 47.5 Å². The highest BCUT2D eigenvalue weighted by Gasteiger charge is 2.70. The molecule has 5 unspecified atom stereocenters. The van der Waals surface area contributed by atoms with Crippen LogP contribution in [0.2, 0.25) is 5.02 Å². The number of hydrogen-bond acceptors (Lipinski definition) is 3. The van der Waals surface area contributed by atoms with Gasteiger partial charge in [-0.05, 0) is 25.0 Å². The summed E-state index contributed by atoms with van der Waals surface area (Å²) < 4.78 is 6.11. The molecule has 0 radical (unpaired) electrons. The number of carbonyl (C=O) groups is 2. The fraction of sp³-hybridized carbons (Fsp3) is 0.400. The Hall–Kier alpha value is -2.11. The number of rotatable bonds is 5. The van der Waals surface area contributed by atoms with Crippen LogP contribution in [0.1, 0.15) is 18.9 Å². The van der Waals surface area contributed by atoms with Gasteiger partial charge in [0.1, 0.15) is 11.5 Å². The van der Waals surface area contributed by atoms with Crippen LogP contribution in [0.3, 0.4) is 0 Å². The number of hydrogen-bond donors (Lipinski definition) is 1. The standard InChI is InChI=1S/C20H20ClNO4/c1-11(2)9-15-20-8-7-14(26-20)16(19(24)25)17(20)18(23)22(15)10-12-5-3-4-6-13(12)21/h3-8,14-17H,1,9-10H2,2H3,(H,24,25). The van der Waals surface area contributed by atoms with E-state index in [9.17, 15) is 14.7 Å². The first-order chi connectivity index (χ1) is 12.3. The number of amides is 1. The van der Waals surface area contributed by atoms with Crippen molar-refractivity contribution in [3.05, 3.63) is 59.2 Å². The van der Waals surface area contributed by atoms with Crippen molar-refractivity contribution in [3.8, 4) is 0 Å². The lowest BCUT2D eigenvalue weighted by Gasteiger charge is -2.33. The molecule has 1 N–H and O–H groups in total. The number of carboxylic acids is 1. The SMILES string of the molecule is C=C(C)CC1N(Cc2ccccc2Cl)C(=O)C2C(C(=O)O)C3C=CC21O3. The van der Waals surface area contributed by atoms with E-state index in [1.807, 2.05) is 31.2 Å². The van der Waals surface area contributed by atoms with E-state index in [-0.39, 0.29) is 11.9 Å². The highest BCUT2D eigenvalue weighted by molar-refractivity contribution is 6.31. The molecule has 3 aliphatic rings. The molecule has 5 atom stereocenters. The largest absolute Gasteiger partial charge is 0.481 e. The van der Waals surface area contributed by atoms with E-state index in [1.165, 1.54) is 0 Å². The normalized spacial score (nSPS) is 34.4. The van der Waals surface area contributed by atoms with Crippen molar-refractivity contribution < 1.29 is 19.4 Å². The van der Waals surface area contributed by atoms with Gasteiger partial charge < -0.3 is 14.7 Å². The molecular weight excluding hydrogens is 354 g/mol. The van der Waals surface area contributed by atoms with Crippen molar-refractivity contribution in [2.24, 2.45) is 11.8 Å². The van der Waals surface area contributed by atoms with Gasteiger partial charge in [0.15, 0.2) is 0 Å². The van der Waals surface area contributed by atoms with E-state index in [0.29, 0.717) is 18.0 Å². The third-order valence-corrected chi connectivity index (χ3v) is 6.03. The first kappa shape index (κ1) is 17.3. The zero-order valence-electron chi connectivity index (χ0n) is 14.4. The average molecular weight is 374 g/mol. The fourth-order valence-corrected chi connectivity index (χ4v) is 4.80. The van der Waals surface area contributed by atoms with Crippen LogP contribution in [0.5, 0.6) is 0 Å². The summed E-state index contributed by atoms with van der Waals surface area (Å²) in [5.41, 5.74) is 0.850. The third-order valence-electron chi connectivity index (χ3n) is 5.66. The molecule has 0 aromatic heterocycles. The minimum absolute atomic E-state index is 0.185. The first-order valence-corrected chi connectivity index (χ1v) is 9.01. The van der Waals surface area contributed by atoms with Crippen LogP contribution in [0, 0.1) is 11.8 Å². The molecule has 136 valence electrons. The number of ether oxygens (including phenoxy) is 1. The number of carbonyl (C=O) groups excluding carboxylic acids is 1. The highest BCUT2D eigenvalue weighted by atomic mass is 35.5. The number of benzene rings is 1. The maximum atomic E-state index is 13.3. The van der Waals surface area contributed by atoms with E-state index in [2.05, 4.69) is 6.58 Å². The predicted octanol–water partition coefficient (Wildman–Crippen LogP) is 3.04. The van der Waals surface area contributed by atoms with Gasteiger partial charge in [-0.25, -0.2) is 0 Å². The summed E-state index contributed by atoms with van der Waals surface area (Å²) in [7, 11) is 0. The predicted molar refractivity (Wildman–Crippen MR) is 96.6 cm³/mol. The molecule has 2 fully saturated rings. The Morgan fingerprint density at radius 2 is 2.15 bits per heavy atom. The summed E-state index contributed by atoms with van der Waals surface area (Å²) >= 11 is 6.29. The summed E-state index contributed by atoms with van der Waals surface area (Å²) in [5, 5.41) is 10.2.